The van der Waals surface area contributed by atoms with Crippen LogP contribution < -0.4 is 5.32 Å². The van der Waals surface area contributed by atoms with Crippen LogP contribution in [0.3, 0.4) is 0 Å². The van der Waals surface area contributed by atoms with Crippen LogP contribution in [-0.4, -0.2) is 12.5 Å². The molecule has 1 N–H and O–H groups in total. The van der Waals surface area contributed by atoms with Crippen LogP contribution >= 0.6 is 0 Å². The van der Waals surface area contributed by atoms with Crippen molar-refractivity contribution in [3.05, 3.63) is 70.8 Å². The zero-order valence-electron chi connectivity index (χ0n) is 12.1. The van der Waals surface area contributed by atoms with Crippen molar-refractivity contribution in [1.29, 1.82) is 0 Å². The second-order valence-corrected chi connectivity index (χ2v) is 5.16. The zero-order valence-corrected chi connectivity index (χ0v) is 12.1. The molecule has 2 aromatic carbocycles. The van der Waals surface area contributed by atoms with Gasteiger partial charge in [0, 0.05) is 12.1 Å². The molecule has 0 radical (unpaired) electrons. The second kappa shape index (κ2) is 6.90. The first-order chi connectivity index (χ1) is 9.66. The van der Waals surface area contributed by atoms with Crippen LogP contribution in [0.15, 0.2) is 48.5 Å². The lowest BCUT2D eigenvalue weighted by molar-refractivity contribution is 0.0952. The van der Waals surface area contributed by atoms with Crippen LogP contribution in [0, 0.1) is 13.8 Å². The van der Waals surface area contributed by atoms with Crippen molar-refractivity contribution in [3.8, 4) is 0 Å². The molecule has 0 bridgehead atoms. The van der Waals surface area contributed by atoms with Crippen molar-refractivity contribution < 1.29 is 4.79 Å². The van der Waals surface area contributed by atoms with E-state index >= 15 is 0 Å². The van der Waals surface area contributed by atoms with Gasteiger partial charge in [0.2, 0.25) is 0 Å². The quantitative estimate of drug-likeness (QED) is 0.823. The van der Waals surface area contributed by atoms with Crippen LogP contribution in [0.2, 0.25) is 0 Å². The summed E-state index contributed by atoms with van der Waals surface area (Å²) in [5, 5.41) is 2.98. The number of hydrogen-bond donors (Lipinski definition) is 1. The summed E-state index contributed by atoms with van der Waals surface area (Å²) in [5.74, 6) is 0.0204. The largest absolute Gasteiger partial charge is 0.352 e. The molecule has 0 spiro atoms. The van der Waals surface area contributed by atoms with Gasteiger partial charge in [-0.15, -0.1) is 0 Å². The molecule has 2 nitrogen and oxygen atoms in total. The van der Waals surface area contributed by atoms with Gasteiger partial charge in [0.25, 0.3) is 5.91 Å². The van der Waals surface area contributed by atoms with Crippen LogP contribution in [0.4, 0.5) is 0 Å². The number of rotatable bonds is 5. The smallest absolute Gasteiger partial charge is 0.251 e. The van der Waals surface area contributed by atoms with Crippen molar-refractivity contribution in [2.75, 3.05) is 6.54 Å². The van der Waals surface area contributed by atoms with E-state index in [2.05, 4.69) is 36.5 Å². The molecule has 0 saturated carbocycles. The van der Waals surface area contributed by atoms with Gasteiger partial charge < -0.3 is 5.32 Å². The van der Waals surface area contributed by atoms with Gasteiger partial charge >= 0.3 is 0 Å². The minimum atomic E-state index is 0.0204. The Hall–Kier alpha value is -2.09. The van der Waals surface area contributed by atoms with Crippen LogP contribution in [0.1, 0.15) is 33.5 Å². The highest BCUT2D eigenvalue weighted by molar-refractivity contribution is 5.95. The van der Waals surface area contributed by atoms with Gasteiger partial charge in [-0.05, 0) is 43.9 Å². The first kappa shape index (κ1) is 14.3. The van der Waals surface area contributed by atoms with E-state index in [1.54, 1.807) is 0 Å². The van der Waals surface area contributed by atoms with E-state index in [4.69, 9.17) is 0 Å². The summed E-state index contributed by atoms with van der Waals surface area (Å²) in [4.78, 5) is 12.0. The van der Waals surface area contributed by atoms with Crippen molar-refractivity contribution in [3.63, 3.8) is 0 Å². The number of carbonyl (C=O) groups is 1. The lowest BCUT2D eigenvalue weighted by Crippen LogP contribution is -2.25. The molecule has 2 heteroatoms. The molecule has 0 atom stereocenters. The van der Waals surface area contributed by atoms with Gasteiger partial charge in [0.15, 0.2) is 0 Å². The summed E-state index contributed by atoms with van der Waals surface area (Å²) < 4.78 is 0. The molecule has 2 aromatic rings. The lowest BCUT2D eigenvalue weighted by Gasteiger charge is -2.07. The SMILES string of the molecule is Cc1ccc(CCCNC(=O)c2ccccc2C)cc1. The summed E-state index contributed by atoms with van der Waals surface area (Å²) in [6.07, 6.45) is 1.95. The predicted molar refractivity (Wildman–Crippen MR) is 83.0 cm³/mol. The normalized spacial score (nSPS) is 10.3. The lowest BCUT2D eigenvalue weighted by atomic mass is 10.1. The van der Waals surface area contributed by atoms with Gasteiger partial charge in [-0.1, -0.05) is 48.0 Å². The molecule has 0 saturated heterocycles. The Morgan fingerprint density at radius 2 is 1.70 bits per heavy atom. The maximum Gasteiger partial charge on any atom is 0.251 e. The Labute approximate surface area is 120 Å². The molecule has 1 amide bonds. The fourth-order valence-corrected chi connectivity index (χ4v) is 2.17. The molecule has 0 aromatic heterocycles. The van der Waals surface area contributed by atoms with Gasteiger partial charge in [-0.25, -0.2) is 0 Å². The fourth-order valence-electron chi connectivity index (χ4n) is 2.17. The predicted octanol–water partition coefficient (Wildman–Crippen LogP) is 3.67. The Morgan fingerprint density at radius 3 is 2.40 bits per heavy atom. The number of nitrogens with one attached hydrogen (secondary N) is 1. The third-order valence-electron chi connectivity index (χ3n) is 3.44. The molecular weight excluding hydrogens is 246 g/mol. The number of carbonyl (C=O) groups excluding carboxylic acids is 1. The molecule has 0 aliphatic carbocycles. The third-order valence-corrected chi connectivity index (χ3v) is 3.44. The average molecular weight is 267 g/mol. The molecule has 0 unspecified atom stereocenters. The van der Waals surface area contributed by atoms with Gasteiger partial charge in [0.1, 0.15) is 0 Å². The summed E-state index contributed by atoms with van der Waals surface area (Å²) >= 11 is 0. The van der Waals surface area contributed by atoms with E-state index < -0.39 is 0 Å². The molecule has 104 valence electrons. The number of benzene rings is 2. The molecular formula is C18H21NO. The first-order valence-corrected chi connectivity index (χ1v) is 7.06. The number of hydrogen-bond acceptors (Lipinski definition) is 1. The number of aryl methyl sites for hydroxylation is 3. The summed E-state index contributed by atoms with van der Waals surface area (Å²) in [7, 11) is 0. The van der Waals surface area contributed by atoms with Crippen molar-refractivity contribution in [1.82, 2.24) is 5.32 Å². The summed E-state index contributed by atoms with van der Waals surface area (Å²) in [5.41, 5.74) is 4.38. The van der Waals surface area contributed by atoms with E-state index in [0.29, 0.717) is 6.54 Å². The molecule has 0 heterocycles. The monoisotopic (exact) mass is 267 g/mol. The number of amides is 1. The van der Waals surface area contributed by atoms with E-state index in [1.165, 1.54) is 11.1 Å². The highest BCUT2D eigenvalue weighted by atomic mass is 16.1. The molecule has 0 fully saturated rings. The van der Waals surface area contributed by atoms with Gasteiger partial charge in [-0.3, -0.25) is 4.79 Å². The molecule has 2 rings (SSSR count). The van der Waals surface area contributed by atoms with E-state index in [0.717, 1.165) is 24.0 Å². The standard InChI is InChI=1S/C18H21NO/c1-14-9-11-16(12-10-14)7-5-13-19-18(20)17-8-4-3-6-15(17)2/h3-4,6,8-12H,5,7,13H2,1-2H3,(H,19,20). The Kier molecular flexibility index (Phi) is 4.94. The fraction of sp³-hybridized carbons (Fsp3) is 0.278. The highest BCUT2D eigenvalue weighted by Gasteiger charge is 2.06. The Bertz CT molecular complexity index is 572. The van der Waals surface area contributed by atoms with Crippen LogP contribution in [-0.2, 0) is 6.42 Å². The van der Waals surface area contributed by atoms with Gasteiger partial charge in [0.05, 0.1) is 0 Å². The van der Waals surface area contributed by atoms with Gasteiger partial charge in [-0.2, -0.15) is 0 Å². The molecule has 0 aliphatic heterocycles. The van der Waals surface area contributed by atoms with E-state index in [1.807, 2.05) is 31.2 Å². The molecule has 20 heavy (non-hydrogen) atoms. The average Bonchev–Trinajstić information content (AvgIpc) is 2.46. The maximum atomic E-state index is 12.0. The van der Waals surface area contributed by atoms with Crippen LogP contribution in [0.5, 0.6) is 0 Å². The Balaban J connectivity index is 1.77. The third kappa shape index (κ3) is 3.95. The topological polar surface area (TPSA) is 29.1 Å². The minimum Gasteiger partial charge on any atom is -0.352 e. The van der Waals surface area contributed by atoms with Crippen molar-refractivity contribution in [2.24, 2.45) is 0 Å². The van der Waals surface area contributed by atoms with E-state index in [9.17, 15) is 4.79 Å². The van der Waals surface area contributed by atoms with Crippen molar-refractivity contribution in [2.45, 2.75) is 26.7 Å². The maximum absolute atomic E-state index is 12.0. The minimum absolute atomic E-state index is 0.0204. The zero-order chi connectivity index (χ0) is 14.4. The Morgan fingerprint density at radius 1 is 1.00 bits per heavy atom. The summed E-state index contributed by atoms with van der Waals surface area (Å²) in [6.45, 7) is 4.76. The second-order valence-electron chi connectivity index (χ2n) is 5.16. The van der Waals surface area contributed by atoms with Crippen molar-refractivity contribution >= 4 is 5.91 Å². The highest BCUT2D eigenvalue weighted by Crippen LogP contribution is 2.07. The summed E-state index contributed by atoms with van der Waals surface area (Å²) in [6, 6.07) is 16.2. The van der Waals surface area contributed by atoms with E-state index in [-0.39, 0.29) is 5.91 Å². The van der Waals surface area contributed by atoms with Crippen LogP contribution in [0.25, 0.3) is 0 Å². The first-order valence-electron chi connectivity index (χ1n) is 7.06. The molecule has 0 aliphatic rings.